The van der Waals surface area contributed by atoms with E-state index in [1.807, 2.05) is 5.32 Å². The number of carbonyl (C=O) groups excluding carboxylic acids is 4. The van der Waals surface area contributed by atoms with Gasteiger partial charge in [-0.25, -0.2) is 4.79 Å². The van der Waals surface area contributed by atoms with E-state index < -0.39 is 79.2 Å². The molecule has 0 aliphatic carbocycles. The summed E-state index contributed by atoms with van der Waals surface area (Å²) in [6.45, 7) is -0.971. The summed E-state index contributed by atoms with van der Waals surface area (Å²) in [6.07, 6.45) is -1.70. The van der Waals surface area contributed by atoms with Crippen LogP contribution in [0, 0.1) is 0 Å². The Balaban J connectivity index is 2.93. The maximum atomic E-state index is 12.7. The summed E-state index contributed by atoms with van der Waals surface area (Å²) in [5, 5.41) is 43.2. The highest BCUT2D eigenvalue weighted by Gasteiger charge is 2.31. The zero-order chi connectivity index (χ0) is 26.7. The van der Waals surface area contributed by atoms with Gasteiger partial charge in [-0.3, -0.25) is 24.0 Å². The minimum absolute atomic E-state index is 0.0525. The molecule has 0 spiro atoms. The number of benzene rings is 1. The molecule has 0 radical (unpaired) electrons. The van der Waals surface area contributed by atoms with Crippen LogP contribution in [0.25, 0.3) is 0 Å². The first kappa shape index (κ1) is 28.8. The summed E-state index contributed by atoms with van der Waals surface area (Å²) < 4.78 is 0. The van der Waals surface area contributed by atoms with E-state index >= 15 is 0 Å². The van der Waals surface area contributed by atoms with Crippen molar-refractivity contribution in [1.82, 2.24) is 16.0 Å². The van der Waals surface area contributed by atoms with Crippen molar-refractivity contribution in [3.8, 4) is 5.75 Å². The van der Waals surface area contributed by atoms with Crippen molar-refractivity contribution < 1.29 is 49.2 Å². The Labute approximate surface area is 198 Å². The molecule has 4 amide bonds. The quantitative estimate of drug-likeness (QED) is 0.120. The lowest BCUT2D eigenvalue weighted by molar-refractivity contribution is -0.142. The van der Waals surface area contributed by atoms with Gasteiger partial charge in [-0.2, -0.15) is 0 Å². The maximum Gasteiger partial charge on any atom is 0.326 e. The number of amides is 4. The Kier molecular flexibility index (Phi) is 11.1. The zero-order valence-electron chi connectivity index (χ0n) is 18.3. The van der Waals surface area contributed by atoms with Crippen LogP contribution in [0.5, 0.6) is 5.75 Å². The van der Waals surface area contributed by atoms with Crippen molar-refractivity contribution in [1.29, 1.82) is 0 Å². The number of phenolic OH excluding ortho intramolecular Hbond substituents is 1. The van der Waals surface area contributed by atoms with Gasteiger partial charge in [-0.15, -0.1) is 0 Å². The molecule has 0 saturated carbocycles. The van der Waals surface area contributed by atoms with Crippen LogP contribution in [0.1, 0.15) is 18.4 Å². The van der Waals surface area contributed by atoms with Crippen LogP contribution in [0.15, 0.2) is 24.3 Å². The number of carboxylic acid groups (broad SMARTS) is 2. The molecule has 0 fully saturated rings. The van der Waals surface area contributed by atoms with E-state index in [9.17, 15) is 44.1 Å². The largest absolute Gasteiger partial charge is 0.508 e. The van der Waals surface area contributed by atoms with E-state index in [0.717, 1.165) is 0 Å². The average Bonchev–Trinajstić information content (AvgIpc) is 2.76. The van der Waals surface area contributed by atoms with Crippen LogP contribution in [-0.4, -0.2) is 86.8 Å². The molecule has 15 nitrogen and oxygen atoms in total. The Morgan fingerprint density at radius 2 is 1.31 bits per heavy atom. The number of aliphatic hydroxyl groups excluding tert-OH is 1. The third-order valence-electron chi connectivity index (χ3n) is 4.58. The molecule has 1 aromatic carbocycles. The highest BCUT2D eigenvalue weighted by molar-refractivity contribution is 5.96. The number of carbonyl (C=O) groups is 6. The maximum absolute atomic E-state index is 12.7. The van der Waals surface area contributed by atoms with Crippen LogP contribution in [0.3, 0.4) is 0 Å². The van der Waals surface area contributed by atoms with Gasteiger partial charge in [0.1, 0.15) is 23.9 Å². The van der Waals surface area contributed by atoms with Crippen molar-refractivity contribution in [3.63, 3.8) is 0 Å². The summed E-state index contributed by atoms with van der Waals surface area (Å²) in [5.41, 5.74) is 11.0. The van der Waals surface area contributed by atoms with Gasteiger partial charge in [-0.05, 0) is 17.7 Å². The van der Waals surface area contributed by atoms with E-state index in [0.29, 0.717) is 5.56 Å². The predicted molar refractivity (Wildman–Crippen MR) is 116 cm³/mol. The third kappa shape index (κ3) is 10.1. The smallest absolute Gasteiger partial charge is 0.326 e. The van der Waals surface area contributed by atoms with Gasteiger partial charge >= 0.3 is 11.9 Å². The zero-order valence-corrected chi connectivity index (χ0v) is 18.3. The van der Waals surface area contributed by atoms with Gasteiger partial charge < -0.3 is 47.8 Å². The Bertz CT molecular complexity index is 952. The number of carboxylic acids is 2. The number of nitrogens with two attached hydrogens (primary N) is 2. The van der Waals surface area contributed by atoms with Crippen LogP contribution in [-0.2, 0) is 35.2 Å². The average molecular weight is 497 g/mol. The van der Waals surface area contributed by atoms with E-state index in [2.05, 4.69) is 10.6 Å². The molecule has 4 atom stereocenters. The van der Waals surface area contributed by atoms with Gasteiger partial charge in [0.05, 0.1) is 25.5 Å². The number of aromatic hydroxyl groups is 1. The first-order chi connectivity index (χ1) is 16.3. The van der Waals surface area contributed by atoms with Gasteiger partial charge in [0, 0.05) is 6.42 Å². The summed E-state index contributed by atoms with van der Waals surface area (Å²) in [7, 11) is 0. The molecule has 192 valence electrons. The van der Waals surface area contributed by atoms with Crippen molar-refractivity contribution >= 4 is 35.6 Å². The van der Waals surface area contributed by atoms with Crippen molar-refractivity contribution in [2.24, 2.45) is 11.5 Å². The lowest BCUT2D eigenvalue weighted by Crippen LogP contribution is -2.58. The number of nitrogens with one attached hydrogen (secondary N) is 3. The van der Waals surface area contributed by atoms with Gasteiger partial charge in [0.2, 0.25) is 23.6 Å². The highest BCUT2D eigenvalue weighted by atomic mass is 16.4. The molecule has 1 rings (SSSR count). The Hall–Kier alpha value is -4.24. The Morgan fingerprint density at radius 1 is 0.800 bits per heavy atom. The molecule has 1 aromatic rings. The summed E-state index contributed by atoms with van der Waals surface area (Å²) in [6, 6.07) is -0.849. The fraction of sp³-hybridized carbons (Fsp3) is 0.400. The summed E-state index contributed by atoms with van der Waals surface area (Å²) >= 11 is 0. The first-order valence-corrected chi connectivity index (χ1v) is 10.1. The van der Waals surface area contributed by atoms with E-state index in [1.54, 1.807) is 0 Å². The first-order valence-electron chi connectivity index (χ1n) is 10.1. The molecule has 0 bridgehead atoms. The summed E-state index contributed by atoms with van der Waals surface area (Å²) in [5.74, 6) is -7.19. The SMILES string of the molecule is NC(=O)CC(NC(=O)C(CO)NC(=O)C(N)CC(=O)O)C(=O)NC(Cc1ccc(O)cc1)C(=O)O. The fourth-order valence-electron chi connectivity index (χ4n) is 2.78. The van der Waals surface area contributed by atoms with Crippen molar-refractivity contribution in [2.45, 2.75) is 43.4 Å². The van der Waals surface area contributed by atoms with E-state index in [1.165, 1.54) is 24.3 Å². The highest BCUT2D eigenvalue weighted by Crippen LogP contribution is 2.11. The molecule has 15 heteroatoms. The number of hydrogen-bond donors (Lipinski definition) is 9. The van der Waals surface area contributed by atoms with Crippen LogP contribution in [0.4, 0.5) is 0 Å². The third-order valence-corrected chi connectivity index (χ3v) is 4.58. The monoisotopic (exact) mass is 497 g/mol. The lowest BCUT2D eigenvalue weighted by Gasteiger charge is -2.23. The van der Waals surface area contributed by atoms with Gasteiger partial charge in [-0.1, -0.05) is 12.1 Å². The molecular weight excluding hydrogens is 470 g/mol. The predicted octanol–water partition coefficient (Wildman–Crippen LogP) is -3.86. The standard InChI is InChI=1S/C20H27N5O10/c21-11(6-16(29)30)17(31)25-14(8-26)19(33)23-12(7-15(22)28)18(32)24-13(20(34)35)5-9-1-3-10(27)4-2-9/h1-4,11-14,26-27H,5-8,21H2,(H2,22,28)(H,23,33)(H,24,32)(H,25,31)(H,29,30)(H,34,35). The summed E-state index contributed by atoms with van der Waals surface area (Å²) in [4.78, 5) is 70.8. The minimum Gasteiger partial charge on any atom is -0.508 e. The van der Waals surface area contributed by atoms with Crippen LogP contribution >= 0.6 is 0 Å². The molecule has 0 aromatic heterocycles. The number of aliphatic hydroxyl groups is 1. The van der Waals surface area contributed by atoms with Crippen molar-refractivity contribution in [2.75, 3.05) is 6.61 Å². The van der Waals surface area contributed by atoms with E-state index in [4.69, 9.17) is 16.6 Å². The lowest BCUT2D eigenvalue weighted by atomic mass is 10.0. The number of aliphatic carboxylic acids is 2. The second-order valence-corrected chi connectivity index (χ2v) is 7.45. The molecule has 4 unspecified atom stereocenters. The second kappa shape index (κ2) is 13.5. The fourth-order valence-corrected chi connectivity index (χ4v) is 2.78. The molecule has 0 heterocycles. The Morgan fingerprint density at radius 3 is 1.80 bits per heavy atom. The molecule has 35 heavy (non-hydrogen) atoms. The second-order valence-electron chi connectivity index (χ2n) is 7.45. The molecular formula is C20H27N5O10. The number of primary amides is 1. The van der Waals surface area contributed by atoms with Gasteiger partial charge in [0.25, 0.3) is 0 Å². The number of rotatable bonds is 14. The van der Waals surface area contributed by atoms with Gasteiger partial charge in [0.15, 0.2) is 0 Å². The van der Waals surface area contributed by atoms with Crippen LogP contribution in [0.2, 0.25) is 0 Å². The number of hydrogen-bond acceptors (Lipinski definition) is 9. The normalized spacial score (nSPS) is 14.0. The van der Waals surface area contributed by atoms with E-state index in [-0.39, 0.29) is 12.2 Å². The molecule has 0 aliphatic rings. The van der Waals surface area contributed by atoms with Crippen molar-refractivity contribution in [3.05, 3.63) is 29.8 Å². The molecule has 0 aliphatic heterocycles. The molecule has 0 saturated heterocycles. The topological polar surface area (TPSA) is 271 Å². The number of phenols is 1. The van der Waals surface area contributed by atoms with Crippen LogP contribution < -0.4 is 27.4 Å². The molecule has 11 N–H and O–H groups in total. The minimum atomic E-state index is -1.67.